The van der Waals surface area contributed by atoms with Crippen LogP contribution in [0.2, 0.25) is 0 Å². The molecule has 0 saturated carbocycles. The maximum Gasteiger partial charge on any atom is 0.0783 e. The van der Waals surface area contributed by atoms with Crippen LogP contribution in [0.4, 0.5) is 0 Å². The molecule has 2 heteroatoms. The van der Waals surface area contributed by atoms with Gasteiger partial charge in [-0.3, -0.25) is 0 Å². The Hall–Kier alpha value is -0.860. The van der Waals surface area contributed by atoms with Crippen LogP contribution in [0.25, 0.3) is 0 Å². The van der Waals surface area contributed by atoms with Crippen LogP contribution in [0.3, 0.4) is 0 Å². The van der Waals surface area contributed by atoms with E-state index in [4.69, 9.17) is 0 Å². The average molecular weight is 221 g/mol. The van der Waals surface area contributed by atoms with Crippen LogP contribution in [0.15, 0.2) is 30.3 Å². The van der Waals surface area contributed by atoms with E-state index in [0.717, 1.165) is 0 Å². The Morgan fingerprint density at radius 3 is 2.12 bits per heavy atom. The van der Waals surface area contributed by atoms with Crippen molar-refractivity contribution in [2.45, 2.75) is 45.3 Å². The molecule has 0 aromatic heterocycles. The van der Waals surface area contributed by atoms with Crippen molar-refractivity contribution in [3.63, 3.8) is 0 Å². The number of rotatable bonds is 4. The van der Waals surface area contributed by atoms with Gasteiger partial charge in [0, 0.05) is 18.5 Å². The molecule has 0 bridgehead atoms. The Kier molecular flexibility index (Phi) is 4.11. The monoisotopic (exact) mass is 221 g/mol. The van der Waals surface area contributed by atoms with Gasteiger partial charge in [-0.25, -0.2) is 0 Å². The molecule has 1 rings (SSSR count). The van der Waals surface area contributed by atoms with Crippen LogP contribution in [0.5, 0.6) is 0 Å². The van der Waals surface area contributed by atoms with E-state index in [1.807, 2.05) is 37.3 Å². The number of β-amino-alcohol motifs (C(OH)–C–C–N with tert-alkyl or cyclic N) is 1. The molecule has 90 valence electrons. The van der Waals surface area contributed by atoms with E-state index in [-0.39, 0.29) is 5.54 Å². The fraction of sp³-hybridized carbons (Fsp3) is 0.571. The Bertz CT molecular complexity index is 311. The van der Waals surface area contributed by atoms with Crippen molar-refractivity contribution in [3.8, 4) is 0 Å². The summed E-state index contributed by atoms with van der Waals surface area (Å²) >= 11 is 0. The van der Waals surface area contributed by atoms with Gasteiger partial charge < -0.3 is 10.4 Å². The topological polar surface area (TPSA) is 32.3 Å². The van der Waals surface area contributed by atoms with Crippen LogP contribution in [-0.4, -0.2) is 22.8 Å². The first-order chi connectivity index (χ1) is 7.29. The fourth-order valence-electron chi connectivity index (χ4n) is 1.55. The standard InChI is InChI=1S/C14H23NO/c1-13(2,3)15-11-14(4,16)10-12-8-6-5-7-9-12/h5-9,15-16H,10-11H2,1-4H3. The second kappa shape index (κ2) is 4.98. The highest BCUT2D eigenvalue weighted by molar-refractivity contribution is 5.16. The number of aliphatic hydroxyl groups is 1. The number of hydrogen-bond donors (Lipinski definition) is 2. The molecule has 0 aliphatic carbocycles. The molecule has 0 amide bonds. The molecule has 1 atom stereocenters. The SMILES string of the molecule is CC(O)(CNC(C)(C)C)Cc1ccccc1. The van der Waals surface area contributed by atoms with Gasteiger partial charge >= 0.3 is 0 Å². The van der Waals surface area contributed by atoms with Gasteiger partial charge in [-0.05, 0) is 33.3 Å². The summed E-state index contributed by atoms with van der Waals surface area (Å²) in [6.45, 7) is 8.78. The van der Waals surface area contributed by atoms with E-state index in [2.05, 4.69) is 26.1 Å². The summed E-state index contributed by atoms with van der Waals surface area (Å²) in [7, 11) is 0. The van der Waals surface area contributed by atoms with E-state index >= 15 is 0 Å². The lowest BCUT2D eigenvalue weighted by Crippen LogP contribution is -2.47. The van der Waals surface area contributed by atoms with Crippen molar-refractivity contribution in [2.24, 2.45) is 0 Å². The summed E-state index contributed by atoms with van der Waals surface area (Å²) in [5, 5.41) is 13.6. The van der Waals surface area contributed by atoms with Gasteiger partial charge in [0.1, 0.15) is 0 Å². The third-order valence-electron chi connectivity index (χ3n) is 2.43. The molecule has 1 aromatic carbocycles. The van der Waals surface area contributed by atoms with Gasteiger partial charge in [0.05, 0.1) is 5.60 Å². The highest BCUT2D eigenvalue weighted by atomic mass is 16.3. The summed E-state index contributed by atoms with van der Waals surface area (Å²) in [4.78, 5) is 0. The molecule has 1 unspecified atom stereocenters. The van der Waals surface area contributed by atoms with Crippen molar-refractivity contribution in [1.82, 2.24) is 5.32 Å². The fourth-order valence-corrected chi connectivity index (χ4v) is 1.55. The molecule has 0 aliphatic heterocycles. The van der Waals surface area contributed by atoms with Gasteiger partial charge in [-0.1, -0.05) is 30.3 Å². The van der Waals surface area contributed by atoms with Crippen LogP contribution in [0, 0.1) is 0 Å². The molecular formula is C14H23NO. The zero-order chi connectivity index (χ0) is 12.2. The molecule has 2 nitrogen and oxygen atoms in total. The summed E-state index contributed by atoms with van der Waals surface area (Å²) in [6.07, 6.45) is 0.678. The molecule has 0 spiro atoms. The minimum atomic E-state index is -0.700. The molecule has 0 radical (unpaired) electrons. The Morgan fingerprint density at radius 2 is 1.62 bits per heavy atom. The summed E-state index contributed by atoms with van der Waals surface area (Å²) in [5.41, 5.74) is 0.512. The lowest BCUT2D eigenvalue weighted by Gasteiger charge is -2.29. The summed E-state index contributed by atoms with van der Waals surface area (Å²) < 4.78 is 0. The predicted molar refractivity (Wildman–Crippen MR) is 68.5 cm³/mol. The van der Waals surface area contributed by atoms with Gasteiger partial charge in [0.2, 0.25) is 0 Å². The van der Waals surface area contributed by atoms with Gasteiger partial charge in [0.25, 0.3) is 0 Å². The van der Waals surface area contributed by atoms with Crippen molar-refractivity contribution < 1.29 is 5.11 Å². The van der Waals surface area contributed by atoms with Gasteiger partial charge in [0.15, 0.2) is 0 Å². The minimum Gasteiger partial charge on any atom is -0.389 e. The lowest BCUT2D eigenvalue weighted by atomic mass is 9.95. The molecular weight excluding hydrogens is 198 g/mol. The van der Waals surface area contributed by atoms with Crippen molar-refractivity contribution in [2.75, 3.05) is 6.54 Å². The molecule has 0 saturated heterocycles. The maximum atomic E-state index is 10.3. The Balaban J connectivity index is 2.52. The van der Waals surface area contributed by atoms with Crippen molar-refractivity contribution >= 4 is 0 Å². The molecule has 0 heterocycles. The zero-order valence-corrected chi connectivity index (χ0v) is 10.7. The first-order valence-electron chi connectivity index (χ1n) is 5.80. The second-order valence-electron chi connectivity index (χ2n) is 5.76. The van der Waals surface area contributed by atoms with Crippen LogP contribution < -0.4 is 5.32 Å². The molecule has 16 heavy (non-hydrogen) atoms. The third kappa shape index (κ3) is 5.29. The zero-order valence-electron chi connectivity index (χ0n) is 10.7. The highest BCUT2D eigenvalue weighted by Gasteiger charge is 2.23. The van der Waals surface area contributed by atoms with E-state index in [0.29, 0.717) is 13.0 Å². The van der Waals surface area contributed by atoms with E-state index in [1.165, 1.54) is 5.56 Å². The largest absolute Gasteiger partial charge is 0.389 e. The third-order valence-corrected chi connectivity index (χ3v) is 2.43. The first-order valence-corrected chi connectivity index (χ1v) is 5.80. The summed E-state index contributed by atoms with van der Waals surface area (Å²) in [5.74, 6) is 0. The Morgan fingerprint density at radius 1 is 1.06 bits per heavy atom. The van der Waals surface area contributed by atoms with E-state index in [9.17, 15) is 5.11 Å². The van der Waals surface area contributed by atoms with Crippen LogP contribution in [-0.2, 0) is 6.42 Å². The predicted octanol–water partition coefficient (Wildman–Crippen LogP) is 2.37. The van der Waals surface area contributed by atoms with Crippen LogP contribution >= 0.6 is 0 Å². The molecule has 2 N–H and O–H groups in total. The van der Waals surface area contributed by atoms with E-state index < -0.39 is 5.60 Å². The number of hydrogen-bond acceptors (Lipinski definition) is 2. The Labute approximate surface area is 98.7 Å². The quantitative estimate of drug-likeness (QED) is 0.818. The molecule has 0 aliphatic rings. The normalized spacial score (nSPS) is 15.8. The highest BCUT2D eigenvalue weighted by Crippen LogP contribution is 2.13. The molecule has 0 fully saturated rings. The van der Waals surface area contributed by atoms with Crippen molar-refractivity contribution in [1.29, 1.82) is 0 Å². The average Bonchev–Trinajstić information content (AvgIpc) is 2.15. The van der Waals surface area contributed by atoms with Gasteiger partial charge in [-0.15, -0.1) is 0 Å². The smallest absolute Gasteiger partial charge is 0.0783 e. The maximum absolute atomic E-state index is 10.3. The van der Waals surface area contributed by atoms with Crippen LogP contribution in [0.1, 0.15) is 33.3 Å². The van der Waals surface area contributed by atoms with E-state index in [1.54, 1.807) is 0 Å². The lowest BCUT2D eigenvalue weighted by molar-refractivity contribution is 0.0535. The molecule has 1 aromatic rings. The number of benzene rings is 1. The first kappa shape index (κ1) is 13.2. The van der Waals surface area contributed by atoms with Gasteiger partial charge in [-0.2, -0.15) is 0 Å². The number of nitrogens with one attached hydrogen (secondary N) is 1. The summed E-state index contributed by atoms with van der Waals surface area (Å²) in [6, 6.07) is 10.1. The minimum absolute atomic E-state index is 0.0423. The van der Waals surface area contributed by atoms with Crippen molar-refractivity contribution in [3.05, 3.63) is 35.9 Å². The second-order valence-corrected chi connectivity index (χ2v) is 5.76.